The predicted molar refractivity (Wildman–Crippen MR) is 93.5 cm³/mol. The first-order valence-electron chi connectivity index (χ1n) is 7.42. The summed E-state index contributed by atoms with van der Waals surface area (Å²) in [6, 6.07) is 15.5. The minimum atomic E-state index is -3.82. The second-order valence-corrected chi connectivity index (χ2v) is 7.00. The van der Waals surface area contributed by atoms with E-state index in [0.29, 0.717) is 17.8 Å². The van der Waals surface area contributed by atoms with Gasteiger partial charge in [0.1, 0.15) is 0 Å². The van der Waals surface area contributed by atoms with Gasteiger partial charge in [-0.15, -0.1) is 0 Å². The van der Waals surface area contributed by atoms with Gasteiger partial charge in [0.05, 0.1) is 23.2 Å². The third-order valence-corrected chi connectivity index (χ3v) is 4.41. The van der Waals surface area contributed by atoms with Crippen molar-refractivity contribution >= 4 is 21.6 Å². The van der Waals surface area contributed by atoms with E-state index in [1.807, 2.05) is 30.3 Å². The van der Waals surface area contributed by atoms with Gasteiger partial charge in [-0.1, -0.05) is 36.4 Å². The van der Waals surface area contributed by atoms with Crippen LogP contribution in [0.4, 0.5) is 5.69 Å². The molecule has 8 heteroatoms. The molecule has 0 aliphatic heterocycles. The topological polar surface area (TPSA) is 107 Å². The lowest BCUT2D eigenvalue weighted by atomic mass is 10.2. The molecule has 0 unspecified atom stereocenters. The number of carbonyl (C=O) groups excluding carboxylic acids is 1. The molecule has 1 heterocycles. The highest BCUT2D eigenvalue weighted by Gasteiger charge is 2.12. The maximum Gasteiger partial charge on any atom is 0.258 e. The molecular formula is C17H16N4O3S. The average Bonchev–Trinajstić information content (AvgIpc) is 3.04. The van der Waals surface area contributed by atoms with E-state index in [-0.39, 0.29) is 10.8 Å². The summed E-state index contributed by atoms with van der Waals surface area (Å²) < 4.78 is 24.4. The second-order valence-electron chi connectivity index (χ2n) is 5.44. The van der Waals surface area contributed by atoms with E-state index in [2.05, 4.69) is 10.4 Å². The normalized spacial score (nSPS) is 11.2. The molecule has 0 fully saturated rings. The Morgan fingerprint density at radius 2 is 1.88 bits per heavy atom. The predicted octanol–water partition coefficient (Wildman–Crippen LogP) is 1.83. The van der Waals surface area contributed by atoms with Crippen molar-refractivity contribution in [2.75, 3.05) is 5.32 Å². The van der Waals surface area contributed by atoms with Crippen LogP contribution in [0.3, 0.4) is 0 Å². The average molecular weight is 356 g/mol. The van der Waals surface area contributed by atoms with Gasteiger partial charge in [0.25, 0.3) is 5.91 Å². The van der Waals surface area contributed by atoms with E-state index in [9.17, 15) is 13.2 Å². The third kappa shape index (κ3) is 4.31. The van der Waals surface area contributed by atoms with Crippen LogP contribution in [0.25, 0.3) is 0 Å². The molecule has 3 aromatic rings. The number of carbonyl (C=O) groups is 1. The molecule has 7 nitrogen and oxygen atoms in total. The van der Waals surface area contributed by atoms with Crippen molar-refractivity contribution in [2.24, 2.45) is 5.14 Å². The number of primary sulfonamides is 1. The van der Waals surface area contributed by atoms with Gasteiger partial charge in [-0.2, -0.15) is 5.10 Å². The molecule has 0 saturated carbocycles. The van der Waals surface area contributed by atoms with Crippen LogP contribution in [0.2, 0.25) is 0 Å². The molecule has 0 bridgehead atoms. The van der Waals surface area contributed by atoms with Crippen LogP contribution >= 0.6 is 0 Å². The van der Waals surface area contributed by atoms with E-state index in [4.69, 9.17) is 5.14 Å². The third-order valence-electron chi connectivity index (χ3n) is 3.50. The van der Waals surface area contributed by atoms with E-state index in [0.717, 1.165) is 5.56 Å². The molecular weight excluding hydrogens is 340 g/mol. The molecule has 0 radical (unpaired) electrons. The summed E-state index contributed by atoms with van der Waals surface area (Å²) in [4.78, 5) is 12.2. The lowest BCUT2D eigenvalue weighted by Gasteiger charge is -2.05. The van der Waals surface area contributed by atoms with Crippen molar-refractivity contribution < 1.29 is 13.2 Å². The molecule has 3 N–H and O–H groups in total. The minimum absolute atomic E-state index is 0.0647. The van der Waals surface area contributed by atoms with Gasteiger partial charge in [0.15, 0.2) is 0 Å². The monoisotopic (exact) mass is 356 g/mol. The van der Waals surface area contributed by atoms with Gasteiger partial charge in [-0.3, -0.25) is 9.48 Å². The zero-order valence-corrected chi connectivity index (χ0v) is 14.0. The molecule has 0 atom stereocenters. The molecule has 3 rings (SSSR count). The van der Waals surface area contributed by atoms with E-state index in [1.54, 1.807) is 16.9 Å². The fourth-order valence-electron chi connectivity index (χ4n) is 2.29. The van der Waals surface area contributed by atoms with Gasteiger partial charge in [-0.25, -0.2) is 13.6 Å². The molecule has 0 saturated heterocycles. The maximum atomic E-state index is 12.3. The van der Waals surface area contributed by atoms with Gasteiger partial charge in [-0.05, 0) is 23.8 Å². The van der Waals surface area contributed by atoms with Gasteiger partial charge in [0, 0.05) is 11.9 Å². The number of rotatable bonds is 5. The van der Waals surface area contributed by atoms with E-state index >= 15 is 0 Å². The molecule has 1 amide bonds. The molecule has 0 spiro atoms. The zero-order chi connectivity index (χ0) is 17.9. The molecule has 25 heavy (non-hydrogen) atoms. The SMILES string of the molecule is NS(=O)(=O)c1cccc(NC(=O)c2cnn(Cc3ccccc3)c2)c1. The maximum absolute atomic E-state index is 12.3. The number of hydrogen-bond donors (Lipinski definition) is 2. The molecule has 0 aliphatic rings. The fraction of sp³-hybridized carbons (Fsp3) is 0.0588. The Kier molecular flexibility index (Phi) is 4.64. The smallest absolute Gasteiger partial charge is 0.258 e. The largest absolute Gasteiger partial charge is 0.322 e. The Morgan fingerprint density at radius 3 is 2.60 bits per heavy atom. The quantitative estimate of drug-likeness (QED) is 0.727. The first-order chi connectivity index (χ1) is 11.9. The van der Waals surface area contributed by atoms with Crippen LogP contribution in [0.5, 0.6) is 0 Å². The summed E-state index contributed by atoms with van der Waals surface area (Å²) in [5.41, 5.74) is 1.78. The van der Waals surface area contributed by atoms with E-state index in [1.165, 1.54) is 24.4 Å². The number of amides is 1. The highest BCUT2D eigenvalue weighted by Crippen LogP contribution is 2.15. The van der Waals surface area contributed by atoms with Gasteiger partial charge in [0.2, 0.25) is 10.0 Å². The number of nitrogens with two attached hydrogens (primary N) is 1. The highest BCUT2D eigenvalue weighted by atomic mass is 32.2. The Morgan fingerprint density at radius 1 is 1.12 bits per heavy atom. The molecule has 2 aromatic carbocycles. The van der Waals surface area contributed by atoms with Crippen LogP contribution in [0.15, 0.2) is 71.9 Å². The summed E-state index contributed by atoms with van der Waals surface area (Å²) in [6.45, 7) is 0.551. The number of nitrogens with zero attached hydrogens (tertiary/aromatic N) is 2. The highest BCUT2D eigenvalue weighted by molar-refractivity contribution is 7.89. The summed E-state index contributed by atoms with van der Waals surface area (Å²) in [5.74, 6) is -0.383. The first-order valence-corrected chi connectivity index (χ1v) is 8.97. The van der Waals surface area contributed by atoms with E-state index < -0.39 is 10.0 Å². The lowest BCUT2D eigenvalue weighted by molar-refractivity contribution is 0.102. The Bertz CT molecular complexity index is 997. The van der Waals surface area contributed by atoms with Crippen molar-refractivity contribution in [1.82, 2.24) is 9.78 Å². The Balaban J connectivity index is 1.72. The van der Waals surface area contributed by atoms with Crippen molar-refractivity contribution in [1.29, 1.82) is 0 Å². The fourth-order valence-corrected chi connectivity index (χ4v) is 2.85. The van der Waals surface area contributed by atoms with Crippen molar-refractivity contribution in [2.45, 2.75) is 11.4 Å². The second kappa shape index (κ2) is 6.88. The molecule has 0 aliphatic carbocycles. The van der Waals surface area contributed by atoms with Crippen LogP contribution in [0.1, 0.15) is 15.9 Å². The Hall–Kier alpha value is -2.97. The van der Waals surface area contributed by atoms with Crippen LogP contribution in [0, 0.1) is 0 Å². The number of nitrogens with one attached hydrogen (secondary N) is 1. The lowest BCUT2D eigenvalue weighted by Crippen LogP contribution is -2.14. The van der Waals surface area contributed by atoms with Crippen LogP contribution in [-0.2, 0) is 16.6 Å². The number of hydrogen-bond acceptors (Lipinski definition) is 4. The first kappa shape index (κ1) is 16.9. The van der Waals surface area contributed by atoms with Crippen molar-refractivity contribution in [3.05, 3.63) is 78.1 Å². The zero-order valence-electron chi connectivity index (χ0n) is 13.2. The summed E-state index contributed by atoms with van der Waals surface area (Å²) >= 11 is 0. The van der Waals surface area contributed by atoms with Crippen LogP contribution < -0.4 is 10.5 Å². The molecule has 128 valence electrons. The number of aromatic nitrogens is 2. The minimum Gasteiger partial charge on any atom is -0.322 e. The number of anilines is 1. The summed E-state index contributed by atoms with van der Waals surface area (Å²) in [6.07, 6.45) is 3.09. The van der Waals surface area contributed by atoms with Gasteiger partial charge < -0.3 is 5.32 Å². The van der Waals surface area contributed by atoms with Crippen molar-refractivity contribution in [3.63, 3.8) is 0 Å². The Labute approximate surface area is 145 Å². The number of benzene rings is 2. The summed E-state index contributed by atoms with van der Waals surface area (Å²) in [5, 5.41) is 11.9. The summed E-state index contributed by atoms with van der Waals surface area (Å²) in [7, 11) is -3.82. The van der Waals surface area contributed by atoms with Crippen molar-refractivity contribution in [3.8, 4) is 0 Å². The van der Waals surface area contributed by atoms with Crippen LogP contribution in [-0.4, -0.2) is 24.1 Å². The van der Waals surface area contributed by atoms with Gasteiger partial charge >= 0.3 is 0 Å². The molecule has 1 aromatic heterocycles. The number of sulfonamides is 1. The standard InChI is InChI=1S/C17H16N4O3S/c18-25(23,24)16-8-4-7-15(9-16)20-17(22)14-10-19-21(12-14)11-13-5-2-1-3-6-13/h1-10,12H,11H2,(H,20,22)(H2,18,23,24).